The monoisotopic (exact) mass is 301 g/mol. The number of rotatable bonds is 14. The summed E-state index contributed by atoms with van der Waals surface area (Å²) in [6, 6.07) is 0. The second-order valence-electron chi connectivity index (χ2n) is 5.83. The summed E-state index contributed by atoms with van der Waals surface area (Å²) in [6.07, 6.45) is 6.00. The van der Waals surface area contributed by atoms with Gasteiger partial charge in [-0.3, -0.25) is 0 Å². The fourth-order valence-corrected chi connectivity index (χ4v) is 2.34. The van der Waals surface area contributed by atoms with E-state index >= 15 is 0 Å². The van der Waals surface area contributed by atoms with Crippen LogP contribution < -0.4 is 16.4 Å². The van der Waals surface area contributed by atoms with Gasteiger partial charge in [-0.05, 0) is 44.2 Å². The van der Waals surface area contributed by atoms with E-state index in [9.17, 15) is 4.79 Å². The minimum absolute atomic E-state index is 0.122. The van der Waals surface area contributed by atoms with E-state index in [1.54, 1.807) is 0 Å². The molecule has 0 atom stereocenters. The highest BCUT2D eigenvalue weighted by molar-refractivity contribution is 5.64. The molecule has 0 heterocycles. The summed E-state index contributed by atoms with van der Waals surface area (Å²) in [5.74, 6) is 0. The minimum atomic E-state index is -0.683. The van der Waals surface area contributed by atoms with Crippen molar-refractivity contribution in [2.45, 2.75) is 59.3 Å². The highest BCUT2D eigenvalue weighted by Gasteiger charge is 2.27. The SMILES string of the molecule is CCCCNCC(CC)(CCOC(N)=O)CNCCCC. The number of primary amides is 1. The molecule has 0 bridgehead atoms. The fraction of sp³-hybridized carbons (Fsp3) is 0.938. The lowest BCUT2D eigenvalue weighted by Gasteiger charge is -2.33. The highest BCUT2D eigenvalue weighted by atomic mass is 16.5. The van der Waals surface area contributed by atoms with Gasteiger partial charge in [0.1, 0.15) is 0 Å². The summed E-state index contributed by atoms with van der Waals surface area (Å²) in [5.41, 5.74) is 5.17. The van der Waals surface area contributed by atoms with E-state index in [0.29, 0.717) is 6.61 Å². The van der Waals surface area contributed by atoms with Crippen LogP contribution in [0.2, 0.25) is 0 Å². The van der Waals surface area contributed by atoms with Gasteiger partial charge in [0, 0.05) is 13.1 Å². The molecule has 0 fully saturated rings. The van der Waals surface area contributed by atoms with Crippen LogP contribution in [-0.4, -0.2) is 38.9 Å². The summed E-state index contributed by atoms with van der Waals surface area (Å²) in [6.45, 7) is 11.0. The van der Waals surface area contributed by atoms with Gasteiger partial charge < -0.3 is 21.1 Å². The van der Waals surface area contributed by atoms with Crippen LogP contribution in [0.5, 0.6) is 0 Å². The van der Waals surface area contributed by atoms with Crippen LogP contribution >= 0.6 is 0 Å². The summed E-state index contributed by atoms with van der Waals surface area (Å²) < 4.78 is 4.94. The Morgan fingerprint density at radius 2 is 1.57 bits per heavy atom. The van der Waals surface area contributed by atoms with Crippen molar-refractivity contribution in [2.24, 2.45) is 11.1 Å². The van der Waals surface area contributed by atoms with Crippen LogP contribution in [0.3, 0.4) is 0 Å². The van der Waals surface area contributed by atoms with Gasteiger partial charge in [-0.15, -0.1) is 0 Å². The van der Waals surface area contributed by atoms with Crippen molar-refractivity contribution in [3.05, 3.63) is 0 Å². The molecule has 4 N–H and O–H groups in total. The molecule has 0 saturated carbocycles. The lowest BCUT2D eigenvalue weighted by molar-refractivity contribution is 0.123. The average Bonchev–Trinajstić information content (AvgIpc) is 2.47. The number of amides is 1. The molecule has 0 aliphatic rings. The van der Waals surface area contributed by atoms with Gasteiger partial charge in [0.2, 0.25) is 0 Å². The molecule has 1 amide bonds. The van der Waals surface area contributed by atoms with Gasteiger partial charge >= 0.3 is 6.09 Å². The van der Waals surface area contributed by atoms with Crippen molar-refractivity contribution < 1.29 is 9.53 Å². The number of carbonyl (C=O) groups excluding carboxylic acids is 1. The van der Waals surface area contributed by atoms with Crippen molar-refractivity contribution in [3.8, 4) is 0 Å². The Morgan fingerprint density at radius 3 is 1.95 bits per heavy atom. The third-order valence-electron chi connectivity index (χ3n) is 4.04. The van der Waals surface area contributed by atoms with Gasteiger partial charge in [-0.25, -0.2) is 4.79 Å². The molecule has 5 heteroatoms. The third-order valence-corrected chi connectivity index (χ3v) is 4.04. The number of carbonyl (C=O) groups is 1. The molecule has 0 rings (SSSR count). The zero-order valence-electron chi connectivity index (χ0n) is 14.2. The quantitative estimate of drug-likeness (QED) is 0.431. The molecule has 21 heavy (non-hydrogen) atoms. The minimum Gasteiger partial charge on any atom is -0.450 e. The lowest BCUT2D eigenvalue weighted by Crippen LogP contribution is -2.43. The van der Waals surface area contributed by atoms with Crippen LogP contribution in [0, 0.1) is 5.41 Å². The van der Waals surface area contributed by atoms with Crippen LogP contribution in [0.1, 0.15) is 59.3 Å². The topological polar surface area (TPSA) is 76.4 Å². The van der Waals surface area contributed by atoms with Crippen LogP contribution in [0.15, 0.2) is 0 Å². The maximum absolute atomic E-state index is 10.7. The summed E-state index contributed by atoms with van der Waals surface area (Å²) in [5, 5.41) is 7.09. The van der Waals surface area contributed by atoms with Crippen molar-refractivity contribution in [1.29, 1.82) is 0 Å². The first-order chi connectivity index (χ1) is 10.1. The molecular formula is C16H35N3O2. The Morgan fingerprint density at radius 1 is 1.05 bits per heavy atom. The Kier molecular flexibility index (Phi) is 12.4. The van der Waals surface area contributed by atoms with Gasteiger partial charge in [0.25, 0.3) is 0 Å². The second kappa shape index (κ2) is 12.9. The van der Waals surface area contributed by atoms with E-state index in [2.05, 4.69) is 31.4 Å². The van der Waals surface area contributed by atoms with E-state index in [1.807, 2.05) is 0 Å². The zero-order valence-corrected chi connectivity index (χ0v) is 14.2. The Labute approximate surface area is 130 Å². The predicted octanol–water partition coefficient (Wildman–Crippen LogP) is 2.65. The first-order valence-corrected chi connectivity index (χ1v) is 8.44. The van der Waals surface area contributed by atoms with Crippen LogP contribution in [0.4, 0.5) is 4.79 Å². The third kappa shape index (κ3) is 10.5. The van der Waals surface area contributed by atoms with Crippen LogP contribution in [-0.2, 0) is 4.74 Å². The first kappa shape index (κ1) is 20.2. The number of nitrogens with two attached hydrogens (primary N) is 1. The zero-order chi connectivity index (χ0) is 16.0. The molecule has 0 aliphatic heterocycles. The average molecular weight is 301 g/mol. The van der Waals surface area contributed by atoms with E-state index < -0.39 is 6.09 Å². The largest absolute Gasteiger partial charge is 0.450 e. The molecule has 126 valence electrons. The molecule has 0 aromatic heterocycles. The molecule has 0 unspecified atom stereocenters. The smallest absolute Gasteiger partial charge is 0.404 e. The van der Waals surface area contributed by atoms with Gasteiger partial charge in [0.05, 0.1) is 6.61 Å². The lowest BCUT2D eigenvalue weighted by atomic mass is 9.81. The summed E-state index contributed by atoms with van der Waals surface area (Å²) in [7, 11) is 0. The number of nitrogens with one attached hydrogen (secondary N) is 2. The van der Waals surface area contributed by atoms with Crippen LogP contribution in [0.25, 0.3) is 0 Å². The molecule has 0 radical (unpaired) electrons. The van der Waals surface area contributed by atoms with E-state index in [0.717, 1.165) is 39.0 Å². The van der Waals surface area contributed by atoms with Crippen molar-refractivity contribution in [2.75, 3.05) is 32.8 Å². The van der Waals surface area contributed by atoms with E-state index in [1.165, 1.54) is 25.7 Å². The van der Waals surface area contributed by atoms with Gasteiger partial charge in [-0.2, -0.15) is 0 Å². The normalized spacial score (nSPS) is 11.6. The molecule has 0 saturated heterocycles. The number of hydrogen-bond donors (Lipinski definition) is 3. The molecular weight excluding hydrogens is 266 g/mol. The molecule has 0 aromatic rings. The molecule has 0 aromatic carbocycles. The Hall–Kier alpha value is -0.810. The maximum Gasteiger partial charge on any atom is 0.404 e. The van der Waals surface area contributed by atoms with Crippen molar-refractivity contribution >= 4 is 6.09 Å². The predicted molar refractivity (Wildman–Crippen MR) is 88.4 cm³/mol. The van der Waals surface area contributed by atoms with Crippen molar-refractivity contribution in [3.63, 3.8) is 0 Å². The number of ether oxygens (including phenoxy) is 1. The fourth-order valence-electron chi connectivity index (χ4n) is 2.34. The number of hydrogen-bond acceptors (Lipinski definition) is 4. The van der Waals surface area contributed by atoms with Gasteiger partial charge in [0.15, 0.2) is 0 Å². The van der Waals surface area contributed by atoms with Crippen molar-refractivity contribution in [1.82, 2.24) is 10.6 Å². The highest BCUT2D eigenvalue weighted by Crippen LogP contribution is 2.25. The van der Waals surface area contributed by atoms with E-state index in [4.69, 9.17) is 10.5 Å². The molecule has 5 nitrogen and oxygen atoms in total. The summed E-state index contributed by atoms with van der Waals surface area (Å²) in [4.78, 5) is 10.7. The maximum atomic E-state index is 10.7. The Balaban J connectivity index is 4.32. The summed E-state index contributed by atoms with van der Waals surface area (Å²) >= 11 is 0. The standard InChI is InChI=1S/C16H35N3O2/c1-4-7-10-18-13-16(6-3,9-12-21-15(17)20)14-19-11-8-5-2/h18-19H,4-14H2,1-3H3,(H2,17,20). The molecule has 0 aliphatic carbocycles. The van der Waals surface area contributed by atoms with E-state index in [-0.39, 0.29) is 5.41 Å². The number of unbranched alkanes of at least 4 members (excludes halogenated alkanes) is 2. The second-order valence-corrected chi connectivity index (χ2v) is 5.83. The molecule has 0 spiro atoms. The Bertz CT molecular complexity index is 248. The first-order valence-electron chi connectivity index (χ1n) is 8.44. The van der Waals surface area contributed by atoms with Gasteiger partial charge in [-0.1, -0.05) is 33.6 Å².